The zero-order chi connectivity index (χ0) is 34.9. The number of piperidine rings is 1. The van der Waals surface area contributed by atoms with Crippen molar-refractivity contribution in [3.63, 3.8) is 0 Å². The Labute approximate surface area is 293 Å². The fourth-order valence-electron chi connectivity index (χ4n) is 7.46. The quantitative estimate of drug-likeness (QED) is 0.261. The van der Waals surface area contributed by atoms with Crippen LogP contribution in [0.3, 0.4) is 0 Å². The van der Waals surface area contributed by atoms with Gasteiger partial charge < -0.3 is 35.4 Å². The number of likely N-dealkylation sites (tertiary alicyclic amines) is 1. The number of unbranched alkanes of at least 4 members (excludes halogenated alkanes) is 1. The summed E-state index contributed by atoms with van der Waals surface area (Å²) in [7, 11) is 0. The van der Waals surface area contributed by atoms with E-state index in [9.17, 15) is 19.2 Å². The van der Waals surface area contributed by atoms with Crippen LogP contribution < -0.4 is 21.3 Å². The molecule has 4 amide bonds. The molecule has 3 atom stereocenters. The Kier molecular flexibility index (Phi) is 11.8. The highest BCUT2D eigenvalue weighted by Gasteiger charge is 2.34. The Bertz CT molecular complexity index is 1620. The average Bonchev–Trinajstić information content (AvgIpc) is 3.72. The summed E-state index contributed by atoms with van der Waals surface area (Å²) in [6.45, 7) is 3.93. The van der Waals surface area contributed by atoms with Gasteiger partial charge in [-0.15, -0.1) is 0 Å². The predicted molar refractivity (Wildman–Crippen MR) is 186 cm³/mol. The molecule has 1 saturated heterocycles. The third kappa shape index (κ3) is 9.09. The van der Waals surface area contributed by atoms with Crippen molar-refractivity contribution in [3.8, 4) is 0 Å². The smallest absolute Gasteiger partial charge is 0.410 e. The fourth-order valence-corrected chi connectivity index (χ4v) is 7.46. The fraction of sp³-hybridized carbons (Fsp3) is 0.500. The summed E-state index contributed by atoms with van der Waals surface area (Å²) in [6, 6.07) is 17.7. The first-order chi connectivity index (χ1) is 24.3. The van der Waals surface area contributed by atoms with Crippen LogP contribution >= 0.6 is 0 Å². The second-order valence-electron chi connectivity index (χ2n) is 13.8. The lowest BCUT2D eigenvalue weighted by atomic mass is 9.81. The van der Waals surface area contributed by atoms with Gasteiger partial charge in [-0.25, -0.2) is 4.79 Å². The van der Waals surface area contributed by atoms with Gasteiger partial charge in [-0.05, 0) is 86.9 Å². The third-order valence-corrected chi connectivity index (χ3v) is 10.2. The molecule has 0 bridgehead atoms. The molecule has 1 aromatic heterocycles. The van der Waals surface area contributed by atoms with Crippen molar-refractivity contribution in [2.24, 2.45) is 11.8 Å². The number of hydrogen-bond donors (Lipinski definition) is 4. The van der Waals surface area contributed by atoms with Crippen molar-refractivity contribution in [1.29, 1.82) is 0 Å². The van der Waals surface area contributed by atoms with Gasteiger partial charge in [0.2, 0.25) is 11.8 Å². The molecule has 0 radical (unpaired) electrons. The van der Waals surface area contributed by atoms with Crippen LogP contribution in [0.15, 0.2) is 59.1 Å². The van der Waals surface area contributed by atoms with Crippen LogP contribution in [0.25, 0.3) is 0 Å². The second-order valence-corrected chi connectivity index (χ2v) is 13.8. The molecule has 0 spiro atoms. The maximum Gasteiger partial charge on any atom is 0.410 e. The van der Waals surface area contributed by atoms with Gasteiger partial charge in [0.15, 0.2) is 5.76 Å². The Morgan fingerprint density at radius 2 is 1.72 bits per heavy atom. The van der Waals surface area contributed by atoms with Gasteiger partial charge in [0.05, 0.1) is 12.2 Å². The number of ether oxygens (including phenoxy) is 1. The summed E-state index contributed by atoms with van der Waals surface area (Å²) in [5.74, 6) is -0.675. The van der Waals surface area contributed by atoms with Crippen molar-refractivity contribution in [2.75, 3.05) is 26.2 Å². The molecule has 0 saturated carbocycles. The number of rotatable bonds is 8. The molecule has 3 heterocycles. The number of aryl methyl sites for hydroxylation is 1. The zero-order valence-electron chi connectivity index (χ0n) is 28.7. The van der Waals surface area contributed by atoms with Gasteiger partial charge in [0.25, 0.3) is 5.91 Å². The number of nitrogens with one attached hydrogen (secondary N) is 4. The number of hydrogen-bond acceptors (Lipinski definition) is 8. The third-order valence-electron chi connectivity index (χ3n) is 10.2. The van der Waals surface area contributed by atoms with Gasteiger partial charge in [-0.2, -0.15) is 0 Å². The molecule has 12 heteroatoms. The van der Waals surface area contributed by atoms with E-state index in [0.29, 0.717) is 50.6 Å². The molecule has 50 heavy (non-hydrogen) atoms. The minimum atomic E-state index is -0.758. The molecular formula is C38H48N6O6. The molecule has 2 aromatic carbocycles. The zero-order valence-corrected chi connectivity index (χ0v) is 28.7. The highest BCUT2D eigenvalue weighted by Crippen LogP contribution is 2.30. The summed E-state index contributed by atoms with van der Waals surface area (Å²) in [6.07, 6.45) is 5.17. The normalized spacial score (nSPS) is 21.8. The lowest BCUT2D eigenvalue weighted by Gasteiger charge is -2.38. The van der Waals surface area contributed by atoms with E-state index in [4.69, 9.17) is 9.26 Å². The predicted octanol–water partition coefficient (Wildman–Crippen LogP) is 3.81. The number of carbonyl (C=O) groups is 4. The van der Waals surface area contributed by atoms with E-state index in [1.54, 1.807) is 11.8 Å². The monoisotopic (exact) mass is 684 g/mol. The van der Waals surface area contributed by atoms with Gasteiger partial charge in [-0.3, -0.25) is 14.4 Å². The topological polar surface area (TPSA) is 155 Å². The van der Waals surface area contributed by atoms with Gasteiger partial charge in [0.1, 0.15) is 18.2 Å². The highest BCUT2D eigenvalue weighted by atomic mass is 16.6. The Morgan fingerprint density at radius 1 is 0.960 bits per heavy atom. The molecular weight excluding hydrogens is 636 g/mol. The van der Waals surface area contributed by atoms with Crippen LogP contribution in [0.5, 0.6) is 0 Å². The standard InChI is InChI=1S/C38H48N6O6/c1-25-35-33(50-43-25)22-41-34(45)21-29-15-18-44(38(48)49-24-26-9-3-2-4-10-26)23-30(29)14-17-40-36(46)32(42-37(35)47)13-7-8-16-39-31-19-27-11-5-6-12-28(27)20-31/h2-6,9-12,29-32,39H,7-8,13-24H2,1H3,(H,40,46)(H,41,45)(H,42,47)/t29-,30-,32-/m0/s1. The largest absolute Gasteiger partial charge is 0.445 e. The minimum absolute atomic E-state index is 0.00171. The number of aromatic nitrogens is 1. The van der Waals surface area contributed by atoms with Crippen molar-refractivity contribution in [3.05, 3.63) is 88.3 Å². The number of fused-ring (bicyclic) bond motifs is 3. The molecule has 3 aromatic rings. The number of benzene rings is 2. The summed E-state index contributed by atoms with van der Waals surface area (Å²) < 4.78 is 11.0. The highest BCUT2D eigenvalue weighted by molar-refractivity contribution is 5.99. The van der Waals surface area contributed by atoms with Crippen molar-refractivity contribution in [2.45, 2.75) is 83.5 Å². The first-order valence-electron chi connectivity index (χ1n) is 17.9. The first-order valence-corrected chi connectivity index (χ1v) is 17.9. The van der Waals surface area contributed by atoms with Crippen LogP contribution in [0.4, 0.5) is 4.79 Å². The molecule has 2 aliphatic heterocycles. The van der Waals surface area contributed by atoms with E-state index in [2.05, 4.69) is 50.7 Å². The van der Waals surface area contributed by atoms with Crippen molar-refractivity contribution < 1.29 is 28.4 Å². The van der Waals surface area contributed by atoms with Crippen LogP contribution in [0.2, 0.25) is 0 Å². The van der Waals surface area contributed by atoms with Crippen LogP contribution in [0.1, 0.15) is 77.0 Å². The summed E-state index contributed by atoms with van der Waals surface area (Å²) in [4.78, 5) is 55.0. The van der Waals surface area contributed by atoms with Crippen molar-refractivity contribution in [1.82, 2.24) is 31.3 Å². The van der Waals surface area contributed by atoms with Crippen molar-refractivity contribution >= 4 is 23.8 Å². The Balaban J connectivity index is 1.08. The number of nitrogens with zero attached hydrogens (tertiary/aromatic N) is 2. The molecule has 6 rings (SSSR count). The molecule has 1 aliphatic carbocycles. The molecule has 12 nitrogen and oxygen atoms in total. The van der Waals surface area contributed by atoms with Gasteiger partial charge in [0, 0.05) is 32.1 Å². The lowest BCUT2D eigenvalue weighted by molar-refractivity contribution is -0.124. The second kappa shape index (κ2) is 16.8. The molecule has 0 unspecified atom stereocenters. The van der Waals surface area contributed by atoms with E-state index in [1.807, 2.05) is 30.3 Å². The van der Waals surface area contributed by atoms with Crippen LogP contribution in [-0.4, -0.2) is 72.1 Å². The van der Waals surface area contributed by atoms with E-state index >= 15 is 0 Å². The Hall–Kier alpha value is -4.71. The first kappa shape index (κ1) is 35.1. The Morgan fingerprint density at radius 3 is 2.50 bits per heavy atom. The van der Waals surface area contributed by atoms with E-state index in [-0.39, 0.29) is 60.6 Å². The summed E-state index contributed by atoms with van der Waals surface area (Å²) >= 11 is 0. The molecule has 4 N–H and O–H groups in total. The minimum Gasteiger partial charge on any atom is -0.445 e. The van der Waals surface area contributed by atoms with Crippen LogP contribution in [-0.2, 0) is 40.3 Å². The maximum absolute atomic E-state index is 13.6. The average molecular weight is 685 g/mol. The van der Waals surface area contributed by atoms with E-state index in [0.717, 1.165) is 37.8 Å². The van der Waals surface area contributed by atoms with E-state index < -0.39 is 11.9 Å². The lowest BCUT2D eigenvalue weighted by Crippen LogP contribution is -2.48. The van der Waals surface area contributed by atoms with E-state index in [1.165, 1.54) is 11.1 Å². The van der Waals surface area contributed by atoms with Crippen LogP contribution in [0, 0.1) is 18.8 Å². The molecule has 1 fully saturated rings. The molecule has 266 valence electrons. The number of carbonyl (C=O) groups excluding carboxylic acids is 4. The summed E-state index contributed by atoms with van der Waals surface area (Å²) in [5, 5.41) is 16.5. The van der Waals surface area contributed by atoms with Gasteiger partial charge in [-0.1, -0.05) is 59.8 Å². The summed E-state index contributed by atoms with van der Waals surface area (Å²) in [5.41, 5.74) is 4.34. The maximum atomic E-state index is 13.6. The molecule has 3 aliphatic rings. The number of amides is 4. The van der Waals surface area contributed by atoms with Gasteiger partial charge >= 0.3 is 6.09 Å². The SMILES string of the molecule is Cc1noc2c1C(=O)N[C@@H](CCCCNC1Cc3ccccc3C1)C(=O)NCC[C@H]1CN(C(=O)OCc3ccccc3)CC[C@H]1CC(=O)NC2.